The number of allylic oxidation sites excluding steroid dienone is 4. The molecule has 1 N–H and O–H groups in total. The van der Waals surface area contributed by atoms with Crippen LogP contribution in [0.4, 0.5) is 4.39 Å². The molecule has 6 nitrogen and oxygen atoms in total. The lowest BCUT2D eigenvalue weighted by Crippen LogP contribution is -2.17. The second kappa shape index (κ2) is 9.23. The first-order chi connectivity index (χ1) is 16.6. The normalized spacial score (nSPS) is 15.3. The van der Waals surface area contributed by atoms with E-state index >= 15 is 0 Å². The van der Waals surface area contributed by atoms with Gasteiger partial charge in [0.25, 0.3) is 0 Å². The molecule has 5 rings (SSSR count). The van der Waals surface area contributed by atoms with Crippen LogP contribution in [0.3, 0.4) is 0 Å². The van der Waals surface area contributed by atoms with Crippen LogP contribution < -0.4 is 5.49 Å². The summed E-state index contributed by atoms with van der Waals surface area (Å²) in [5, 5.41) is 17.5. The molecule has 1 aliphatic carbocycles. The van der Waals surface area contributed by atoms with Crippen molar-refractivity contribution in [1.82, 2.24) is 24.5 Å². The van der Waals surface area contributed by atoms with E-state index in [1.165, 1.54) is 16.8 Å². The first-order valence-electron chi connectivity index (χ1n) is 11.0. The fourth-order valence-electron chi connectivity index (χ4n) is 3.95. The molecule has 1 aliphatic rings. The van der Waals surface area contributed by atoms with Crippen molar-refractivity contribution in [2.75, 3.05) is 0 Å². The lowest BCUT2D eigenvalue weighted by molar-refractivity contribution is 0.628. The van der Waals surface area contributed by atoms with Crippen LogP contribution in [0.2, 0.25) is 0 Å². The lowest BCUT2D eigenvalue weighted by Gasteiger charge is -2.13. The number of aromatic nitrogens is 5. The molecule has 1 unspecified atom stereocenters. The molecule has 7 heteroatoms. The van der Waals surface area contributed by atoms with Gasteiger partial charge in [0, 0.05) is 48.9 Å². The van der Waals surface area contributed by atoms with Crippen LogP contribution in [0.5, 0.6) is 0 Å². The Labute approximate surface area is 196 Å². The molecule has 3 heterocycles. The second-order valence-corrected chi connectivity index (χ2v) is 8.14. The van der Waals surface area contributed by atoms with Crippen molar-refractivity contribution in [3.05, 3.63) is 108 Å². The van der Waals surface area contributed by atoms with Gasteiger partial charge in [-0.15, -0.1) is 0 Å². The number of hydrogen-bond acceptors (Lipinski definition) is 4. The Morgan fingerprint density at radius 1 is 1.06 bits per heavy atom. The molecule has 168 valence electrons. The number of benzene rings is 1. The SMILES string of the molecule is Cn1cc(-c2ccc(=N)n(/C=C/c3cncc(C4C=CC=CC4)c3)n2)c(-c2ccc(F)cc2)n1. The van der Waals surface area contributed by atoms with E-state index in [9.17, 15) is 4.39 Å². The van der Waals surface area contributed by atoms with Crippen molar-refractivity contribution in [2.24, 2.45) is 7.05 Å². The minimum absolute atomic E-state index is 0.247. The molecule has 1 aromatic carbocycles. The van der Waals surface area contributed by atoms with E-state index in [4.69, 9.17) is 5.41 Å². The van der Waals surface area contributed by atoms with Crippen molar-refractivity contribution < 1.29 is 4.39 Å². The number of pyridine rings is 1. The molecule has 0 aliphatic heterocycles. The minimum atomic E-state index is -0.296. The maximum Gasteiger partial charge on any atom is 0.146 e. The van der Waals surface area contributed by atoms with Crippen LogP contribution in [0.25, 0.3) is 34.8 Å². The number of hydrogen-bond donors (Lipinski definition) is 1. The molecule has 4 aromatic rings. The van der Waals surface area contributed by atoms with Gasteiger partial charge in [-0.1, -0.05) is 24.3 Å². The van der Waals surface area contributed by atoms with Gasteiger partial charge in [-0.2, -0.15) is 10.2 Å². The largest absolute Gasteiger partial charge is 0.283 e. The van der Waals surface area contributed by atoms with Gasteiger partial charge in [-0.25, -0.2) is 9.07 Å². The average molecular weight is 451 g/mol. The van der Waals surface area contributed by atoms with Crippen LogP contribution >= 0.6 is 0 Å². The van der Waals surface area contributed by atoms with Gasteiger partial charge < -0.3 is 0 Å². The van der Waals surface area contributed by atoms with Gasteiger partial charge in [0.15, 0.2) is 0 Å². The molecule has 0 radical (unpaired) electrons. The Hall–Kier alpha value is -4.39. The third-order valence-corrected chi connectivity index (χ3v) is 5.68. The Morgan fingerprint density at radius 2 is 1.91 bits per heavy atom. The average Bonchev–Trinajstić information content (AvgIpc) is 3.26. The highest BCUT2D eigenvalue weighted by atomic mass is 19.1. The monoisotopic (exact) mass is 450 g/mol. The first-order valence-corrected chi connectivity index (χ1v) is 11.0. The molecule has 0 fully saturated rings. The third-order valence-electron chi connectivity index (χ3n) is 5.68. The van der Waals surface area contributed by atoms with Gasteiger partial charge in [0.05, 0.1) is 5.69 Å². The van der Waals surface area contributed by atoms with Crippen molar-refractivity contribution in [2.45, 2.75) is 12.3 Å². The number of nitrogens with one attached hydrogen (secondary N) is 1. The van der Waals surface area contributed by atoms with Crippen molar-refractivity contribution in [3.8, 4) is 22.5 Å². The van der Waals surface area contributed by atoms with E-state index < -0.39 is 0 Å². The quantitative estimate of drug-likeness (QED) is 0.455. The standard InChI is InChI=1S/C27H23FN6/c1-33-18-24(27(32-33)21-7-9-23(28)10-8-21)25-11-12-26(29)34(31-25)14-13-19-15-22(17-30-16-19)20-5-3-2-4-6-20/h2-5,7-18,20,29H,6H2,1H3/b14-13+,29-26?. The van der Waals surface area contributed by atoms with E-state index in [0.717, 1.165) is 28.7 Å². The van der Waals surface area contributed by atoms with Crippen molar-refractivity contribution in [3.63, 3.8) is 0 Å². The van der Waals surface area contributed by atoms with Gasteiger partial charge in [0.1, 0.15) is 17.0 Å². The topological polar surface area (TPSA) is 72.4 Å². The Morgan fingerprint density at radius 3 is 2.71 bits per heavy atom. The summed E-state index contributed by atoms with van der Waals surface area (Å²) in [6.07, 6.45) is 18.6. The highest BCUT2D eigenvalue weighted by Gasteiger charge is 2.14. The zero-order valence-corrected chi connectivity index (χ0v) is 18.6. The smallest absolute Gasteiger partial charge is 0.146 e. The first kappa shape index (κ1) is 21.5. The summed E-state index contributed by atoms with van der Waals surface area (Å²) in [7, 11) is 1.83. The summed E-state index contributed by atoms with van der Waals surface area (Å²) in [5.41, 5.74) is 5.31. The lowest BCUT2D eigenvalue weighted by atomic mass is 9.93. The summed E-state index contributed by atoms with van der Waals surface area (Å²) in [6.45, 7) is 0. The van der Waals surface area contributed by atoms with Crippen LogP contribution in [-0.4, -0.2) is 24.5 Å². The fourth-order valence-corrected chi connectivity index (χ4v) is 3.95. The number of rotatable bonds is 5. The van der Waals surface area contributed by atoms with E-state index in [1.54, 1.807) is 41.3 Å². The predicted molar refractivity (Wildman–Crippen MR) is 131 cm³/mol. The Balaban J connectivity index is 1.46. The Bertz CT molecular complexity index is 1470. The predicted octanol–water partition coefficient (Wildman–Crippen LogP) is 5.19. The molecular formula is C27H23FN6. The molecule has 0 saturated carbocycles. The zero-order chi connectivity index (χ0) is 23.5. The van der Waals surface area contributed by atoms with Gasteiger partial charge in [-0.05, 0) is 66.1 Å². The van der Waals surface area contributed by atoms with Crippen LogP contribution in [0, 0.1) is 11.2 Å². The summed E-state index contributed by atoms with van der Waals surface area (Å²) in [5.74, 6) is 0.0255. The van der Waals surface area contributed by atoms with Crippen molar-refractivity contribution in [1.29, 1.82) is 5.41 Å². The van der Waals surface area contributed by atoms with E-state index in [0.29, 0.717) is 17.3 Å². The molecule has 0 saturated heterocycles. The van der Waals surface area contributed by atoms with E-state index in [2.05, 4.69) is 45.6 Å². The third kappa shape index (κ3) is 4.54. The highest BCUT2D eigenvalue weighted by Crippen LogP contribution is 2.29. The molecule has 0 amide bonds. The minimum Gasteiger partial charge on any atom is -0.283 e. The number of aryl methyl sites for hydroxylation is 1. The zero-order valence-electron chi connectivity index (χ0n) is 18.6. The molecule has 3 aromatic heterocycles. The molecule has 34 heavy (non-hydrogen) atoms. The molecular weight excluding hydrogens is 427 g/mol. The maximum absolute atomic E-state index is 13.4. The van der Waals surface area contributed by atoms with Crippen molar-refractivity contribution >= 4 is 12.3 Å². The van der Waals surface area contributed by atoms with Gasteiger partial charge in [-0.3, -0.25) is 15.1 Å². The summed E-state index contributed by atoms with van der Waals surface area (Å²) in [4.78, 5) is 4.39. The summed E-state index contributed by atoms with van der Waals surface area (Å²) < 4.78 is 16.6. The van der Waals surface area contributed by atoms with Gasteiger partial charge in [0.2, 0.25) is 0 Å². The number of nitrogens with zero attached hydrogens (tertiary/aromatic N) is 5. The van der Waals surface area contributed by atoms with Gasteiger partial charge >= 0.3 is 0 Å². The molecule has 0 spiro atoms. The highest BCUT2D eigenvalue weighted by molar-refractivity contribution is 5.78. The summed E-state index contributed by atoms with van der Waals surface area (Å²) >= 11 is 0. The van der Waals surface area contributed by atoms with Crippen LogP contribution in [0.1, 0.15) is 23.5 Å². The van der Waals surface area contributed by atoms with Crippen LogP contribution in [-0.2, 0) is 7.05 Å². The fraction of sp³-hybridized carbons (Fsp3) is 0.111. The maximum atomic E-state index is 13.4. The molecule has 0 bridgehead atoms. The summed E-state index contributed by atoms with van der Waals surface area (Å²) in [6, 6.07) is 11.8. The number of halogens is 1. The second-order valence-electron chi connectivity index (χ2n) is 8.14. The van der Waals surface area contributed by atoms with E-state index in [1.807, 2.05) is 25.5 Å². The Kier molecular flexibility index (Phi) is 5.82. The van der Waals surface area contributed by atoms with Crippen LogP contribution in [0.15, 0.2) is 85.4 Å². The van der Waals surface area contributed by atoms with E-state index in [-0.39, 0.29) is 11.3 Å². The molecule has 1 atom stereocenters.